The predicted octanol–water partition coefficient (Wildman–Crippen LogP) is 6.25. The van der Waals surface area contributed by atoms with Crippen molar-refractivity contribution in [3.05, 3.63) is 101 Å². The van der Waals surface area contributed by atoms with Gasteiger partial charge in [-0.25, -0.2) is 23.7 Å². The number of aryl methyl sites for hydroxylation is 1. The average Bonchev–Trinajstić information content (AvgIpc) is 3.03. The number of nitrogens with zero attached hydrogens (tertiary/aromatic N) is 4. The molecule has 3 aromatic heterocycles. The number of carbonyl (C=O) groups excluding carboxylic acids is 1. The molecule has 1 aliphatic rings. The predicted molar refractivity (Wildman–Crippen MR) is 126 cm³/mol. The molecule has 0 aliphatic heterocycles. The van der Waals surface area contributed by atoms with Crippen LogP contribution in [0.1, 0.15) is 52.5 Å². The SMILES string of the molecule is Cc1ncc(-c2cc(C(=O)N[C@H](C)c3ccc(C(F)(F)F)nc3)cc(C3=C(F)C=C(F)CC=C3)n2)cn1. The topological polar surface area (TPSA) is 80.7 Å². The zero-order valence-electron chi connectivity index (χ0n) is 19.6. The van der Waals surface area contributed by atoms with Gasteiger partial charge in [0, 0.05) is 47.8 Å². The highest BCUT2D eigenvalue weighted by Gasteiger charge is 2.32. The molecule has 1 N–H and O–H groups in total. The lowest BCUT2D eigenvalue weighted by Gasteiger charge is -2.16. The highest BCUT2D eigenvalue weighted by molar-refractivity contribution is 5.96. The summed E-state index contributed by atoms with van der Waals surface area (Å²) in [5, 5.41) is 2.70. The third-order valence-electron chi connectivity index (χ3n) is 5.50. The third-order valence-corrected chi connectivity index (χ3v) is 5.50. The van der Waals surface area contributed by atoms with Crippen LogP contribution in [0, 0.1) is 6.92 Å². The smallest absolute Gasteiger partial charge is 0.345 e. The van der Waals surface area contributed by atoms with E-state index in [1.165, 1.54) is 42.7 Å². The number of allylic oxidation sites excluding steroid dienone is 6. The molecule has 3 heterocycles. The molecule has 0 saturated heterocycles. The minimum absolute atomic E-state index is 0.0171. The second kappa shape index (κ2) is 10.4. The molecule has 6 nitrogen and oxygen atoms in total. The lowest BCUT2D eigenvalue weighted by Crippen LogP contribution is -2.27. The molecule has 3 aromatic rings. The minimum atomic E-state index is -4.58. The normalized spacial score (nSPS) is 14.7. The lowest BCUT2D eigenvalue weighted by molar-refractivity contribution is -0.141. The molecule has 0 radical (unpaired) electrons. The average molecular weight is 513 g/mol. The summed E-state index contributed by atoms with van der Waals surface area (Å²) in [4.78, 5) is 29.3. The number of pyridine rings is 2. The standard InChI is InChI=1S/C26H20F5N5O/c1-14(16-6-7-24(34-11-16)26(29,30)31)35-25(37)17-8-22(18-12-32-15(2)33-13-18)36-23(9-17)20-5-3-4-19(27)10-21(20)28/h3,5-14H,4H2,1-2H3,(H,35,37)/t14-/m1/s1. The van der Waals surface area contributed by atoms with Gasteiger partial charge in [-0.3, -0.25) is 9.78 Å². The van der Waals surface area contributed by atoms with Gasteiger partial charge in [0.15, 0.2) is 0 Å². The highest BCUT2D eigenvalue weighted by atomic mass is 19.4. The Morgan fingerprint density at radius 3 is 2.38 bits per heavy atom. The first-order valence-electron chi connectivity index (χ1n) is 11.1. The van der Waals surface area contributed by atoms with Gasteiger partial charge in [-0.05, 0) is 37.6 Å². The van der Waals surface area contributed by atoms with Crippen molar-refractivity contribution in [2.24, 2.45) is 0 Å². The molecule has 1 aliphatic carbocycles. The summed E-state index contributed by atoms with van der Waals surface area (Å²) < 4.78 is 66.9. The van der Waals surface area contributed by atoms with Crippen molar-refractivity contribution in [1.82, 2.24) is 25.3 Å². The van der Waals surface area contributed by atoms with E-state index < -0.39 is 35.5 Å². The van der Waals surface area contributed by atoms with Gasteiger partial charge in [0.1, 0.15) is 23.2 Å². The van der Waals surface area contributed by atoms with Crippen LogP contribution in [0.4, 0.5) is 22.0 Å². The quantitative estimate of drug-likeness (QED) is 0.408. The third kappa shape index (κ3) is 6.11. The van der Waals surface area contributed by atoms with Crippen LogP contribution in [0.5, 0.6) is 0 Å². The van der Waals surface area contributed by atoms with Crippen molar-refractivity contribution in [3.8, 4) is 11.3 Å². The maximum Gasteiger partial charge on any atom is 0.433 e. The van der Waals surface area contributed by atoms with Gasteiger partial charge in [0.2, 0.25) is 0 Å². The molecule has 0 saturated carbocycles. The Bertz CT molecular complexity index is 1410. The summed E-state index contributed by atoms with van der Waals surface area (Å²) in [6.45, 7) is 3.28. The summed E-state index contributed by atoms with van der Waals surface area (Å²) in [5.74, 6) is -1.60. The molecular formula is C26H20F5N5O. The van der Waals surface area contributed by atoms with Gasteiger partial charge in [0.05, 0.1) is 17.4 Å². The van der Waals surface area contributed by atoms with E-state index in [1.807, 2.05) is 0 Å². The summed E-state index contributed by atoms with van der Waals surface area (Å²) in [5.41, 5.74) is 0.188. The first kappa shape index (κ1) is 25.8. The zero-order valence-corrected chi connectivity index (χ0v) is 19.6. The molecule has 0 unspecified atom stereocenters. The van der Waals surface area contributed by atoms with Crippen molar-refractivity contribution in [2.45, 2.75) is 32.5 Å². The number of nitrogens with one attached hydrogen (secondary N) is 1. The second-order valence-corrected chi connectivity index (χ2v) is 8.27. The number of rotatable bonds is 5. The Hall–Kier alpha value is -4.28. The Kier molecular flexibility index (Phi) is 7.23. The first-order valence-corrected chi connectivity index (χ1v) is 11.1. The minimum Gasteiger partial charge on any atom is -0.345 e. The van der Waals surface area contributed by atoms with Crippen molar-refractivity contribution < 1.29 is 26.7 Å². The summed E-state index contributed by atoms with van der Waals surface area (Å²) >= 11 is 0. The van der Waals surface area contributed by atoms with E-state index in [0.29, 0.717) is 17.0 Å². The molecule has 0 spiro atoms. The number of alkyl halides is 3. The molecule has 0 fully saturated rings. The second-order valence-electron chi connectivity index (χ2n) is 8.27. The van der Waals surface area contributed by atoms with Gasteiger partial charge < -0.3 is 5.32 Å². The van der Waals surface area contributed by atoms with Crippen LogP contribution in [0.25, 0.3) is 16.8 Å². The number of hydrogen-bond donors (Lipinski definition) is 1. The number of halogens is 5. The Balaban J connectivity index is 1.70. The molecule has 11 heteroatoms. The van der Waals surface area contributed by atoms with Crippen molar-refractivity contribution in [2.75, 3.05) is 0 Å². The fourth-order valence-corrected chi connectivity index (χ4v) is 3.52. The van der Waals surface area contributed by atoms with Crippen LogP contribution in [-0.2, 0) is 6.18 Å². The number of carbonyl (C=O) groups is 1. The molecule has 1 amide bonds. The summed E-state index contributed by atoms with van der Waals surface area (Å²) in [7, 11) is 0. The van der Waals surface area contributed by atoms with E-state index in [-0.39, 0.29) is 28.9 Å². The maximum absolute atomic E-state index is 14.8. The Morgan fingerprint density at radius 2 is 1.73 bits per heavy atom. The fraction of sp³-hybridized carbons (Fsp3) is 0.192. The van der Waals surface area contributed by atoms with Gasteiger partial charge in [0.25, 0.3) is 5.91 Å². The summed E-state index contributed by atoms with van der Waals surface area (Å²) in [6, 6.07) is 4.17. The van der Waals surface area contributed by atoms with Gasteiger partial charge in [-0.15, -0.1) is 0 Å². The fourth-order valence-electron chi connectivity index (χ4n) is 3.52. The van der Waals surface area contributed by atoms with E-state index in [1.54, 1.807) is 13.8 Å². The highest BCUT2D eigenvalue weighted by Crippen LogP contribution is 2.30. The molecule has 0 bridgehead atoms. The lowest BCUT2D eigenvalue weighted by atomic mass is 10.0. The van der Waals surface area contributed by atoms with Gasteiger partial charge in [-0.1, -0.05) is 18.2 Å². The Morgan fingerprint density at radius 1 is 1.03 bits per heavy atom. The van der Waals surface area contributed by atoms with Crippen molar-refractivity contribution in [1.29, 1.82) is 0 Å². The van der Waals surface area contributed by atoms with E-state index in [2.05, 4.69) is 25.3 Å². The monoisotopic (exact) mass is 513 g/mol. The molecule has 4 rings (SSSR count). The molecule has 0 aromatic carbocycles. The van der Waals surface area contributed by atoms with Crippen molar-refractivity contribution in [3.63, 3.8) is 0 Å². The molecule has 37 heavy (non-hydrogen) atoms. The van der Waals surface area contributed by atoms with Crippen LogP contribution >= 0.6 is 0 Å². The first-order chi connectivity index (χ1) is 17.5. The number of hydrogen-bond acceptors (Lipinski definition) is 5. The largest absolute Gasteiger partial charge is 0.433 e. The van der Waals surface area contributed by atoms with Gasteiger partial charge in [-0.2, -0.15) is 13.2 Å². The molecule has 190 valence electrons. The van der Waals surface area contributed by atoms with E-state index in [4.69, 9.17) is 0 Å². The zero-order chi connectivity index (χ0) is 26.7. The van der Waals surface area contributed by atoms with Crippen LogP contribution in [0.3, 0.4) is 0 Å². The van der Waals surface area contributed by atoms with Crippen LogP contribution in [0.15, 0.2) is 72.7 Å². The number of aromatic nitrogens is 4. The molecule has 1 atom stereocenters. The van der Waals surface area contributed by atoms with Crippen LogP contribution < -0.4 is 5.32 Å². The Labute approximate surface area is 208 Å². The van der Waals surface area contributed by atoms with E-state index in [0.717, 1.165) is 18.3 Å². The molecular weight excluding hydrogens is 493 g/mol. The number of amides is 1. The van der Waals surface area contributed by atoms with E-state index in [9.17, 15) is 26.7 Å². The van der Waals surface area contributed by atoms with Crippen molar-refractivity contribution >= 4 is 11.5 Å². The van der Waals surface area contributed by atoms with Crippen LogP contribution in [-0.4, -0.2) is 25.8 Å². The maximum atomic E-state index is 14.8. The summed E-state index contributed by atoms with van der Waals surface area (Å²) in [6.07, 6.45) is 2.96. The van der Waals surface area contributed by atoms with Gasteiger partial charge >= 0.3 is 6.18 Å². The van der Waals surface area contributed by atoms with Crippen LogP contribution in [0.2, 0.25) is 0 Å². The van der Waals surface area contributed by atoms with E-state index >= 15 is 0 Å².